The minimum Gasteiger partial charge on any atom is -0.463 e. The van der Waals surface area contributed by atoms with Crippen LogP contribution in [0.15, 0.2) is 422 Å². The first-order chi connectivity index (χ1) is 57.8. The number of para-hydroxylation sites is 4. The average molecular weight is 1540 g/mol. The fourth-order valence-electron chi connectivity index (χ4n) is 20.2. The number of ether oxygens (including phenoxy) is 1. The second-order valence-electron chi connectivity index (χ2n) is 34.9. The Morgan fingerprint density at radius 1 is 0.415 bits per heavy atom. The Morgan fingerprint density at radius 2 is 0.907 bits per heavy atom. The van der Waals surface area contributed by atoms with Crippen LogP contribution in [0.2, 0.25) is 17.5 Å². The van der Waals surface area contributed by atoms with E-state index >= 15 is 0 Å². The lowest BCUT2D eigenvalue weighted by molar-refractivity contribution is 0.383. The van der Waals surface area contributed by atoms with Crippen molar-refractivity contribution in [2.45, 2.75) is 105 Å². The Kier molecular flexibility index (Phi) is 18.4. The third kappa shape index (κ3) is 12.9. The number of rotatable bonds is 14. The summed E-state index contributed by atoms with van der Waals surface area (Å²) in [6.45, 7) is 13.9. The smallest absolute Gasteiger partial charge is 0.230 e. The molecule has 13 aromatic rings. The van der Waals surface area contributed by atoms with E-state index in [2.05, 4.69) is 467 Å². The summed E-state index contributed by atoms with van der Waals surface area (Å²) in [5.74, 6) is 1.92. The van der Waals surface area contributed by atoms with Gasteiger partial charge < -0.3 is 24.3 Å². The number of fused-ring (bicyclic) bond motifs is 8. The predicted molar refractivity (Wildman–Crippen MR) is 501 cm³/mol. The molecule has 4 aliphatic carbocycles. The van der Waals surface area contributed by atoms with Crippen molar-refractivity contribution in [2.75, 3.05) is 19.6 Å². The fourth-order valence-corrected chi connectivity index (χ4v) is 21.7. The van der Waals surface area contributed by atoms with Crippen LogP contribution in [-0.4, -0.2) is 36.8 Å². The zero-order valence-corrected chi connectivity index (χ0v) is 68.4. The molecule has 118 heavy (non-hydrogen) atoms. The molecule has 8 heteroatoms. The molecule has 1 saturated heterocycles. The highest BCUT2D eigenvalue weighted by molar-refractivity contribution is 8.00. The van der Waals surface area contributed by atoms with Crippen molar-refractivity contribution in [1.82, 2.24) is 0 Å². The maximum absolute atomic E-state index is 7.79. The van der Waals surface area contributed by atoms with Crippen molar-refractivity contribution < 1.29 is 4.74 Å². The van der Waals surface area contributed by atoms with Gasteiger partial charge in [-0.25, -0.2) is 0 Å². The fraction of sp³-hybridized carbons (Fsp3) is 0.145. The van der Waals surface area contributed by atoms with Crippen LogP contribution in [0.25, 0.3) is 66.8 Å². The third-order valence-electron chi connectivity index (χ3n) is 25.9. The number of anilines is 7. The van der Waals surface area contributed by atoms with Crippen molar-refractivity contribution in [3.05, 3.63) is 428 Å². The summed E-state index contributed by atoms with van der Waals surface area (Å²) in [5.41, 5.74) is 30.8. The molecule has 0 bridgehead atoms. The lowest BCUT2D eigenvalue weighted by atomic mass is 9.24. The summed E-state index contributed by atoms with van der Waals surface area (Å²) in [7, 11) is 0. The molecule has 0 radical (unpaired) electrons. The number of nitrogens with zero attached hydrogens (tertiary/aromatic N) is 4. The molecule has 0 amide bonds. The number of benzene rings is 13. The number of hydrogen-bond donors (Lipinski definition) is 0. The number of allylic oxidation sites excluding steroid dienone is 7. The van der Waals surface area contributed by atoms with Crippen LogP contribution < -0.4 is 35.3 Å². The number of thioether (sulfide) groups is 1. The molecule has 0 aromatic heterocycles. The highest BCUT2D eigenvalue weighted by Gasteiger charge is 2.58. The van der Waals surface area contributed by atoms with Gasteiger partial charge in [-0.2, -0.15) is 0 Å². The van der Waals surface area contributed by atoms with Crippen LogP contribution >= 0.6 is 11.8 Å². The number of hydrogen-bond acceptors (Lipinski definition) is 6. The van der Waals surface area contributed by atoms with Gasteiger partial charge in [0.2, 0.25) is 6.71 Å². The molecule has 4 heterocycles. The maximum Gasteiger partial charge on any atom is 0.230 e. The molecule has 8 aliphatic rings. The summed E-state index contributed by atoms with van der Waals surface area (Å²) in [5, 5.41) is -0.0140. The van der Waals surface area contributed by atoms with E-state index in [4.69, 9.17) is 4.74 Å². The summed E-state index contributed by atoms with van der Waals surface area (Å²) in [6.07, 6.45) is 30.8. The summed E-state index contributed by atoms with van der Waals surface area (Å²) < 4.78 is 7.79. The van der Waals surface area contributed by atoms with Crippen molar-refractivity contribution in [2.24, 2.45) is 0 Å². The van der Waals surface area contributed by atoms with E-state index in [1.807, 2.05) is 0 Å². The van der Waals surface area contributed by atoms with Gasteiger partial charge in [0.15, 0.2) is 6.71 Å². The molecule has 0 N–H and O–H groups in total. The SMILES string of the molecule is CC(C)(C)c1ccc(-c2cccc(-c3ccc(C(C)(C)C)cc3)c2N2C3=CC4Sc5cc(N(c6ccc(-c7ccccc7)cc6)c6ccccc6-c6ccccc6)cc6c5B(C4C=C3B3c4ccccc4OC4=CC(N(c5ccc(-c7ccccc7)cc5)c5ccccc5-c5ccccc5)=CC2C34)C2C=CC=CC2N6C2C=CC=CC2)cc1. The van der Waals surface area contributed by atoms with E-state index in [-0.39, 0.29) is 65.1 Å². The van der Waals surface area contributed by atoms with E-state index < -0.39 is 0 Å². The largest absolute Gasteiger partial charge is 0.463 e. The highest BCUT2D eigenvalue weighted by atomic mass is 32.2. The van der Waals surface area contributed by atoms with E-state index in [1.54, 1.807) is 0 Å². The van der Waals surface area contributed by atoms with Gasteiger partial charge >= 0.3 is 0 Å². The predicted octanol–water partition coefficient (Wildman–Crippen LogP) is 26.9. The van der Waals surface area contributed by atoms with Gasteiger partial charge in [0.05, 0.1) is 29.1 Å². The minimum absolute atomic E-state index is 0.0140. The second kappa shape index (κ2) is 29.8. The lowest BCUT2D eigenvalue weighted by Gasteiger charge is -2.56. The summed E-state index contributed by atoms with van der Waals surface area (Å²) >= 11 is 2.08. The molecule has 7 atom stereocenters. The highest BCUT2D eigenvalue weighted by Crippen LogP contribution is 2.61. The van der Waals surface area contributed by atoms with E-state index in [0.29, 0.717) is 0 Å². The van der Waals surface area contributed by atoms with E-state index in [9.17, 15) is 0 Å². The quantitative estimate of drug-likeness (QED) is 0.101. The minimum atomic E-state index is -0.312. The first kappa shape index (κ1) is 72.9. The first-order valence-electron chi connectivity index (χ1n) is 42.1. The Hall–Kier alpha value is -12.7. The zero-order chi connectivity index (χ0) is 79.3. The van der Waals surface area contributed by atoms with Gasteiger partial charge in [-0.15, -0.1) is 11.8 Å². The Bertz CT molecular complexity index is 6220. The van der Waals surface area contributed by atoms with Crippen molar-refractivity contribution >= 4 is 75.9 Å². The van der Waals surface area contributed by atoms with E-state index in [1.165, 1.54) is 99.6 Å². The van der Waals surface area contributed by atoms with Crippen molar-refractivity contribution in [1.29, 1.82) is 0 Å². The van der Waals surface area contributed by atoms with Gasteiger partial charge in [0, 0.05) is 78.4 Å². The standard InChI is InChI=1S/C110H92B2N4OS/c1-109(2,3)81-59-51-79(52-60-81)90-43-30-44-91(80-53-61-82(62-54-80)110(4,5)6)108(90)116-99-72-104-95(71-94(99)112-93-46-25-29-50-102(93)117-103-69-86(67-100(116)106(103)112)113(84-63-55-75(56-64-84)73-31-12-7-13-32-73)96-47-26-22-41-88(96)77-35-16-9-17-36-77)111-92-45-24-28-49-98(92)115(83-39-20-11-21-40-83)101-68-87(70-105(118-104)107(101)111)114(85-65-57-76(58-66-85)74-33-14-8-15-34-74)97-48-27-23-42-89(97)78-37-18-10-19-38-78/h7-39,41-72,83,92,95,98,100,104,106H,40H2,1-6H3. The molecule has 13 aromatic carbocycles. The van der Waals surface area contributed by atoms with Crippen LogP contribution in [-0.2, 0) is 10.8 Å². The normalized spacial score (nSPS) is 19.7. The van der Waals surface area contributed by atoms with Gasteiger partial charge in [0.25, 0.3) is 0 Å². The monoisotopic (exact) mass is 1540 g/mol. The van der Waals surface area contributed by atoms with Gasteiger partial charge in [-0.3, -0.25) is 0 Å². The Morgan fingerprint density at radius 3 is 1.48 bits per heavy atom. The Balaban J connectivity index is 0.831. The van der Waals surface area contributed by atoms with Crippen LogP contribution in [0.5, 0.6) is 5.75 Å². The van der Waals surface area contributed by atoms with Crippen molar-refractivity contribution in [3.63, 3.8) is 0 Å². The Labute approximate surface area is 700 Å². The molecule has 0 saturated carbocycles. The average Bonchev–Trinajstić information content (AvgIpc) is 0.688. The second-order valence-corrected chi connectivity index (χ2v) is 36.1. The molecule has 1 fully saturated rings. The van der Waals surface area contributed by atoms with Gasteiger partial charge in [0.1, 0.15) is 11.5 Å². The van der Waals surface area contributed by atoms with Crippen LogP contribution in [0, 0.1) is 0 Å². The first-order valence-corrected chi connectivity index (χ1v) is 43.0. The van der Waals surface area contributed by atoms with Crippen LogP contribution in [0.1, 0.15) is 59.1 Å². The molecule has 5 nitrogen and oxygen atoms in total. The molecule has 570 valence electrons. The molecular weight excluding hydrogens is 1450 g/mol. The molecular formula is C110H92B2N4OS. The molecule has 0 spiro atoms. The topological polar surface area (TPSA) is 22.2 Å². The lowest BCUT2D eigenvalue weighted by Crippen LogP contribution is -2.63. The van der Waals surface area contributed by atoms with Crippen molar-refractivity contribution in [3.8, 4) is 72.5 Å². The molecule has 7 unspecified atom stereocenters. The van der Waals surface area contributed by atoms with Crippen LogP contribution in [0.4, 0.5) is 39.8 Å². The van der Waals surface area contributed by atoms with Gasteiger partial charge in [-0.1, -0.05) is 369 Å². The van der Waals surface area contributed by atoms with Crippen LogP contribution in [0.3, 0.4) is 0 Å². The van der Waals surface area contributed by atoms with E-state index in [0.717, 1.165) is 68.8 Å². The molecule has 4 aliphatic heterocycles. The molecule has 21 rings (SSSR count). The third-order valence-corrected chi connectivity index (χ3v) is 27.2. The zero-order valence-electron chi connectivity index (χ0n) is 67.5. The summed E-state index contributed by atoms with van der Waals surface area (Å²) in [6, 6.07) is 120. The van der Waals surface area contributed by atoms with Gasteiger partial charge in [-0.05, 0) is 168 Å². The summed E-state index contributed by atoms with van der Waals surface area (Å²) in [4.78, 5) is 12.1. The maximum atomic E-state index is 7.79.